The van der Waals surface area contributed by atoms with Crippen molar-refractivity contribution in [2.75, 3.05) is 26.2 Å². The van der Waals surface area contributed by atoms with Gasteiger partial charge in [0.15, 0.2) is 0 Å². The van der Waals surface area contributed by atoms with Crippen molar-refractivity contribution < 1.29 is 9.59 Å². The predicted octanol–water partition coefficient (Wildman–Crippen LogP) is 1.40. The molecular formula is C13H22N2O2. The van der Waals surface area contributed by atoms with Crippen LogP contribution in [0.4, 0.5) is 0 Å². The van der Waals surface area contributed by atoms with E-state index in [1.807, 2.05) is 4.90 Å². The number of rotatable bonds is 2. The summed E-state index contributed by atoms with van der Waals surface area (Å²) < 4.78 is 0. The third-order valence-corrected chi connectivity index (χ3v) is 3.71. The van der Waals surface area contributed by atoms with E-state index in [2.05, 4.69) is 0 Å². The molecule has 0 spiro atoms. The zero-order valence-corrected chi connectivity index (χ0v) is 10.5. The molecule has 0 radical (unpaired) electrons. The number of amides is 2. The van der Waals surface area contributed by atoms with Gasteiger partial charge in [-0.25, -0.2) is 0 Å². The second-order valence-electron chi connectivity index (χ2n) is 5.07. The number of hydrogen-bond donors (Lipinski definition) is 0. The lowest BCUT2D eigenvalue weighted by atomic mass is 10.1. The summed E-state index contributed by atoms with van der Waals surface area (Å²) in [5, 5.41) is 0. The molecule has 0 bridgehead atoms. The number of hydrogen-bond acceptors (Lipinski definition) is 2. The molecule has 0 N–H and O–H groups in total. The Morgan fingerprint density at radius 2 is 1.59 bits per heavy atom. The first kappa shape index (κ1) is 12.4. The zero-order valence-electron chi connectivity index (χ0n) is 10.5. The Morgan fingerprint density at radius 3 is 2.18 bits per heavy atom. The summed E-state index contributed by atoms with van der Waals surface area (Å²) in [7, 11) is 0. The monoisotopic (exact) mass is 238 g/mol. The molecule has 2 heterocycles. The van der Waals surface area contributed by atoms with Gasteiger partial charge in [0.05, 0.1) is 6.54 Å². The number of carbonyl (C=O) groups is 2. The SMILES string of the molecule is O=C(CN1CCCC1=O)N1CCCCCCC1. The van der Waals surface area contributed by atoms with Crippen LogP contribution in [0.3, 0.4) is 0 Å². The molecule has 2 rings (SSSR count). The second-order valence-corrected chi connectivity index (χ2v) is 5.07. The van der Waals surface area contributed by atoms with Crippen LogP contribution >= 0.6 is 0 Å². The van der Waals surface area contributed by atoms with E-state index in [1.54, 1.807) is 4.90 Å². The fraction of sp³-hybridized carbons (Fsp3) is 0.846. The van der Waals surface area contributed by atoms with Gasteiger partial charge >= 0.3 is 0 Å². The Morgan fingerprint density at radius 1 is 0.941 bits per heavy atom. The first-order valence-corrected chi connectivity index (χ1v) is 6.83. The molecule has 0 aromatic heterocycles. The zero-order chi connectivity index (χ0) is 12.1. The molecule has 2 aliphatic rings. The van der Waals surface area contributed by atoms with Crippen LogP contribution < -0.4 is 0 Å². The van der Waals surface area contributed by atoms with E-state index in [1.165, 1.54) is 19.3 Å². The van der Waals surface area contributed by atoms with E-state index < -0.39 is 0 Å². The van der Waals surface area contributed by atoms with Gasteiger partial charge in [0.1, 0.15) is 0 Å². The van der Waals surface area contributed by atoms with Gasteiger partial charge < -0.3 is 9.80 Å². The summed E-state index contributed by atoms with van der Waals surface area (Å²) in [6.07, 6.45) is 7.50. The third kappa shape index (κ3) is 3.45. The summed E-state index contributed by atoms with van der Waals surface area (Å²) in [4.78, 5) is 27.2. The van der Waals surface area contributed by atoms with Gasteiger partial charge in [0.25, 0.3) is 0 Å². The van der Waals surface area contributed by atoms with E-state index >= 15 is 0 Å². The van der Waals surface area contributed by atoms with Crippen molar-refractivity contribution in [3.8, 4) is 0 Å². The summed E-state index contributed by atoms with van der Waals surface area (Å²) in [6, 6.07) is 0. The summed E-state index contributed by atoms with van der Waals surface area (Å²) in [5.41, 5.74) is 0. The first-order chi connectivity index (χ1) is 8.27. The highest BCUT2D eigenvalue weighted by Crippen LogP contribution is 2.13. The maximum atomic E-state index is 12.1. The Balaban J connectivity index is 1.82. The lowest BCUT2D eigenvalue weighted by molar-refractivity contribution is -0.138. The van der Waals surface area contributed by atoms with Crippen molar-refractivity contribution in [2.24, 2.45) is 0 Å². The van der Waals surface area contributed by atoms with Gasteiger partial charge in [-0.1, -0.05) is 19.3 Å². The highest BCUT2D eigenvalue weighted by molar-refractivity contribution is 5.85. The van der Waals surface area contributed by atoms with Gasteiger partial charge in [0, 0.05) is 26.1 Å². The minimum Gasteiger partial charge on any atom is -0.341 e. The molecule has 17 heavy (non-hydrogen) atoms. The largest absolute Gasteiger partial charge is 0.341 e. The molecule has 4 heteroatoms. The van der Waals surface area contributed by atoms with Crippen molar-refractivity contribution in [3.05, 3.63) is 0 Å². The van der Waals surface area contributed by atoms with E-state index in [0.29, 0.717) is 13.0 Å². The van der Waals surface area contributed by atoms with Gasteiger partial charge in [-0.15, -0.1) is 0 Å². The van der Waals surface area contributed by atoms with Crippen LogP contribution in [0.1, 0.15) is 44.9 Å². The van der Waals surface area contributed by atoms with Crippen molar-refractivity contribution in [1.29, 1.82) is 0 Å². The van der Waals surface area contributed by atoms with Crippen LogP contribution in [0, 0.1) is 0 Å². The molecule has 0 atom stereocenters. The molecule has 2 saturated heterocycles. The van der Waals surface area contributed by atoms with E-state index in [4.69, 9.17) is 0 Å². The Labute approximate surface area is 103 Å². The fourth-order valence-corrected chi connectivity index (χ4v) is 2.63. The summed E-state index contributed by atoms with van der Waals surface area (Å²) >= 11 is 0. The number of carbonyl (C=O) groups excluding carboxylic acids is 2. The lowest BCUT2D eigenvalue weighted by Gasteiger charge is -2.27. The quantitative estimate of drug-likeness (QED) is 0.729. The molecule has 96 valence electrons. The number of likely N-dealkylation sites (tertiary alicyclic amines) is 2. The number of nitrogens with zero attached hydrogens (tertiary/aromatic N) is 2. The highest BCUT2D eigenvalue weighted by Gasteiger charge is 2.24. The van der Waals surface area contributed by atoms with E-state index in [-0.39, 0.29) is 11.8 Å². The average molecular weight is 238 g/mol. The molecule has 0 aliphatic carbocycles. The lowest BCUT2D eigenvalue weighted by Crippen LogP contribution is -2.42. The van der Waals surface area contributed by atoms with Crippen molar-refractivity contribution in [3.63, 3.8) is 0 Å². The van der Waals surface area contributed by atoms with Crippen LogP contribution in [-0.4, -0.2) is 47.8 Å². The standard InChI is InChI=1S/C13H22N2O2/c16-12-7-6-10-15(12)11-13(17)14-8-4-2-1-3-5-9-14/h1-11H2. The van der Waals surface area contributed by atoms with Crippen molar-refractivity contribution in [2.45, 2.75) is 44.9 Å². The van der Waals surface area contributed by atoms with E-state index in [9.17, 15) is 9.59 Å². The molecular weight excluding hydrogens is 216 g/mol. The molecule has 2 amide bonds. The Hall–Kier alpha value is -1.06. The second kappa shape index (κ2) is 6.03. The van der Waals surface area contributed by atoms with Crippen LogP contribution in [0.2, 0.25) is 0 Å². The van der Waals surface area contributed by atoms with Gasteiger partial charge in [-0.05, 0) is 19.3 Å². The predicted molar refractivity (Wildman–Crippen MR) is 65.5 cm³/mol. The maximum absolute atomic E-state index is 12.1. The van der Waals surface area contributed by atoms with Gasteiger partial charge in [-0.3, -0.25) is 9.59 Å². The average Bonchev–Trinajstić information content (AvgIpc) is 2.63. The van der Waals surface area contributed by atoms with Crippen LogP contribution in [-0.2, 0) is 9.59 Å². The van der Waals surface area contributed by atoms with Crippen LogP contribution in [0.15, 0.2) is 0 Å². The summed E-state index contributed by atoms with van der Waals surface area (Å²) in [6.45, 7) is 2.82. The highest BCUT2D eigenvalue weighted by atomic mass is 16.2. The molecule has 2 aliphatic heterocycles. The Bertz CT molecular complexity index is 283. The Kier molecular flexibility index (Phi) is 4.40. The molecule has 0 unspecified atom stereocenters. The molecule has 0 aromatic rings. The summed E-state index contributed by atoms with van der Waals surface area (Å²) in [5.74, 6) is 0.285. The van der Waals surface area contributed by atoms with Crippen LogP contribution in [0.5, 0.6) is 0 Å². The molecule has 0 aromatic carbocycles. The van der Waals surface area contributed by atoms with Gasteiger partial charge in [-0.2, -0.15) is 0 Å². The van der Waals surface area contributed by atoms with Gasteiger partial charge in [0.2, 0.25) is 11.8 Å². The molecule has 2 fully saturated rings. The maximum Gasteiger partial charge on any atom is 0.242 e. The smallest absolute Gasteiger partial charge is 0.242 e. The fourth-order valence-electron chi connectivity index (χ4n) is 2.63. The van der Waals surface area contributed by atoms with Crippen molar-refractivity contribution in [1.82, 2.24) is 9.80 Å². The third-order valence-electron chi connectivity index (χ3n) is 3.71. The van der Waals surface area contributed by atoms with Crippen molar-refractivity contribution >= 4 is 11.8 Å². The minimum atomic E-state index is 0.141. The first-order valence-electron chi connectivity index (χ1n) is 6.83. The molecule has 4 nitrogen and oxygen atoms in total. The topological polar surface area (TPSA) is 40.6 Å². The minimum absolute atomic E-state index is 0.141. The van der Waals surface area contributed by atoms with E-state index in [0.717, 1.165) is 38.9 Å². The molecule has 0 saturated carbocycles. The normalized spacial score (nSPS) is 22.5. The van der Waals surface area contributed by atoms with Crippen LogP contribution in [0.25, 0.3) is 0 Å².